The monoisotopic (exact) mass is 482 g/mol. The van der Waals surface area contributed by atoms with Crippen molar-refractivity contribution in [1.29, 1.82) is 0 Å². The Labute approximate surface area is 181 Å². The van der Waals surface area contributed by atoms with Crippen LogP contribution in [0.2, 0.25) is 0 Å². The van der Waals surface area contributed by atoms with Crippen molar-refractivity contribution in [3.05, 3.63) is 32.2 Å². The van der Waals surface area contributed by atoms with Gasteiger partial charge in [0.1, 0.15) is 11.2 Å². The topological polar surface area (TPSA) is 103 Å². The number of nitrogens with zero attached hydrogens (tertiary/aromatic N) is 2. The number of aromatic nitrogens is 2. The molecule has 3 N–H and O–H groups in total. The molecule has 182 valence electrons. The number of hydrogen-bond donors (Lipinski definition) is 2. The first-order valence-corrected chi connectivity index (χ1v) is 10.0. The molecule has 4 rings (SSSR count). The summed E-state index contributed by atoms with van der Waals surface area (Å²) in [6.45, 7) is -1.03. The van der Waals surface area contributed by atoms with E-state index in [1.54, 1.807) is 0 Å². The highest BCUT2D eigenvalue weighted by molar-refractivity contribution is 5.94. The second kappa shape index (κ2) is 8.24. The van der Waals surface area contributed by atoms with Crippen molar-refractivity contribution < 1.29 is 35.8 Å². The third-order valence-corrected chi connectivity index (χ3v) is 5.91. The fraction of sp³-hybridized carbons (Fsp3) is 0.579. The normalized spacial score (nSPS) is 21.4. The smallest absolute Gasteiger partial charge is 0.492 e. The predicted molar refractivity (Wildman–Crippen MR) is 104 cm³/mol. The van der Waals surface area contributed by atoms with Crippen LogP contribution in [0.1, 0.15) is 30.9 Å². The van der Waals surface area contributed by atoms with Crippen LogP contribution in [0.25, 0.3) is 10.9 Å². The molecule has 2 fully saturated rings. The van der Waals surface area contributed by atoms with Gasteiger partial charge in [0.05, 0.1) is 24.2 Å². The maximum absolute atomic E-state index is 15.5. The van der Waals surface area contributed by atoms with Gasteiger partial charge in [0.25, 0.3) is 12.0 Å². The molecule has 1 aliphatic carbocycles. The SMILES string of the molecule is COc1c(N2CC(CN)C(OC(F)(F)F)C2)c(F)c(C(F)F)c2c(=O)[nH]c(=O)n(C3CC3)c12. The van der Waals surface area contributed by atoms with E-state index in [0.29, 0.717) is 12.8 Å². The summed E-state index contributed by atoms with van der Waals surface area (Å²) >= 11 is 0. The van der Waals surface area contributed by atoms with E-state index in [9.17, 15) is 31.5 Å². The lowest BCUT2D eigenvalue weighted by Crippen LogP contribution is -2.34. The number of benzene rings is 1. The lowest BCUT2D eigenvalue weighted by molar-refractivity contribution is -0.343. The Morgan fingerprint density at radius 2 is 1.88 bits per heavy atom. The van der Waals surface area contributed by atoms with E-state index in [2.05, 4.69) is 4.74 Å². The highest BCUT2D eigenvalue weighted by atomic mass is 19.4. The molecule has 0 spiro atoms. The molecule has 2 aliphatic rings. The molecule has 14 heteroatoms. The molecule has 2 aromatic rings. The number of H-pyrrole nitrogens is 1. The van der Waals surface area contributed by atoms with Gasteiger partial charge >= 0.3 is 12.1 Å². The minimum absolute atomic E-state index is 0.247. The van der Waals surface area contributed by atoms with Crippen LogP contribution in [0.3, 0.4) is 0 Å². The van der Waals surface area contributed by atoms with Crippen LogP contribution in [-0.2, 0) is 4.74 Å². The first kappa shape index (κ1) is 23.4. The van der Waals surface area contributed by atoms with Crippen LogP contribution in [0.4, 0.5) is 32.0 Å². The largest absolute Gasteiger partial charge is 0.522 e. The minimum Gasteiger partial charge on any atom is -0.492 e. The molecule has 1 saturated heterocycles. The molecule has 0 amide bonds. The number of nitrogens with one attached hydrogen (secondary N) is 1. The number of ether oxygens (including phenoxy) is 2. The molecule has 0 bridgehead atoms. The maximum atomic E-state index is 15.5. The molecule has 8 nitrogen and oxygen atoms in total. The van der Waals surface area contributed by atoms with Crippen molar-refractivity contribution in [1.82, 2.24) is 9.55 Å². The summed E-state index contributed by atoms with van der Waals surface area (Å²) in [7, 11) is 1.09. The van der Waals surface area contributed by atoms with E-state index in [1.807, 2.05) is 4.98 Å². The highest BCUT2D eigenvalue weighted by Crippen LogP contribution is 2.47. The van der Waals surface area contributed by atoms with Gasteiger partial charge in [0, 0.05) is 25.0 Å². The van der Waals surface area contributed by atoms with Gasteiger partial charge in [0.2, 0.25) is 0 Å². The summed E-state index contributed by atoms with van der Waals surface area (Å²) in [4.78, 5) is 28.0. The van der Waals surface area contributed by atoms with Gasteiger partial charge in [-0.25, -0.2) is 18.0 Å². The second-order valence-electron chi connectivity index (χ2n) is 8.00. The molecule has 1 aromatic carbocycles. The van der Waals surface area contributed by atoms with Crippen LogP contribution in [0, 0.1) is 11.7 Å². The second-order valence-corrected chi connectivity index (χ2v) is 8.00. The van der Waals surface area contributed by atoms with Crippen molar-refractivity contribution in [2.45, 2.75) is 37.8 Å². The Bertz CT molecular complexity index is 1190. The quantitative estimate of drug-likeness (QED) is 0.614. The average Bonchev–Trinajstić information content (AvgIpc) is 3.46. The van der Waals surface area contributed by atoms with Crippen molar-refractivity contribution in [2.75, 3.05) is 31.6 Å². The number of hydrogen-bond acceptors (Lipinski definition) is 6. The zero-order valence-electron chi connectivity index (χ0n) is 17.2. The molecule has 33 heavy (non-hydrogen) atoms. The van der Waals surface area contributed by atoms with E-state index in [0.717, 1.165) is 16.6 Å². The van der Waals surface area contributed by atoms with Gasteiger partial charge in [-0.2, -0.15) is 0 Å². The summed E-state index contributed by atoms with van der Waals surface area (Å²) in [5, 5.41) is -0.743. The zero-order valence-corrected chi connectivity index (χ0v) is 17.2. The number of anilines is 1. The summed E-state index contributed by atoms with van der Waals surface area (Å²) in [6.07, 6.45) is -8.91. The fourth-order valence-electron chi connectivity index (χ4n) is 4.39. The van der Waals surface area contributed by atoms with Crippen LogP contribution in [0.15, 0.2) is 9.59 Å². The van der Waals surface area contributed by atoms with E-state index < -0.39 is 76.8 Å². The summed E-state index contributed by atoms with van der Waals surface area (Å²) < 4.78 is 92.5. The number of fused-ring (bicyclic) bond motifs is 1. The lowest BCUT2D eigenvalue weighted by atomic mass is 10.0. The third-order valence-electron chi connectivity index (χ3n) is 5.91. The van der Waals surface area contributed by atoms with Crippen molar-refractivity contribution in [3.63, 3.8) is 0 Å². The molecular weight excluding hydrogens is 462 g/mol. The molecule has 1 saturated carbocycles. The van der Waals surface area contributed by atoms with Gasteiger partial charge < -0.3 is 15.4 Å². The van der Waals surface area contributed by atoms with E-state index >= 15 is 4.39 Å². The summed E-state index contributed by atoms with van der Waals surface area (Å²) in [5.74, 6) is -2.82. The van der Waals surface area contributed by atoms with E-state index in [-0.39, 0.29) is 18.6 Å². The Morgan fingerprint density at radius 3 is 2.39 bits per heavy atom. The first-order valence-electron chi connectivity index (χ1n) is 10.0. The van der Waals surface area contributed by atoms with Crippen LogP contribution >= 0.6 is 0 Å². The van der Waals surface area contributed by atoms with Gasteiger partial charge in [-0.15, -0.1) is 13.2 Å². The molecular formula is C19H20F6N4O4. The molecule has 2 atom stereocenters. The number of nitrogens with two attached hydrogens (primary N) is 1. The van der Waals surface area contributed by atoms with Crippen molar-refractivity contribution >= 4 is 16.6 Å². The Morgan fingerprint density at radius 1 is 1.21 bits per heavy atom. The Balaban J connectivity index is 2.00. The van der Waals surface area contributed by atoms with Gasteiger partial charge in [0.15, 0.2) is 11.6 Å². The number of rotatable bonds is 6. The van der Waals surface area contributed by atoms with E-state index in [1.165, 1.54) is 0 Å². The van der Waals surface area contributed by atoms with Gasteiger partial charge in [-0.05, 0) is 19.4 Å². The zero-order chi connectivity index (χ0) is 24.2. The van der Waals surface area contributed by atoms with Crippen molar-refractivity contribution in [2.24, 2.45) is 11.7 Å². The Kier molecular flexibility index (Phi) is 5.85. The molecule has 2 heterocycles. The van der Waals surface area contributed by atoms with Gasteiger partial charge in [-0.3, -0.25) is 19.1 Å². The number of halogens is 6. The lowest BCUT2D eigenvalue weighted by Gasteiger charge is -2.26. The number of aromatic amines is 1. The number of methoxy groups -OCH3 is 1. The average molecular weight is 482 g/mol. The van der Waals surface area contributed by atoms with Crippen molar-refractivity contribution in [3.8, 4) is 5.75 Å². The van der Waals surface area contributed by atoms with Gasteiger partial charge in [-0.1, -0.05) is 0 Å². The first-order chi connectivity index (χ1) is 15.5. The summed E-state index contributed by atoms with van der Waals surface area (Å²) in [6, 6.07) is -0.425. The third kappa shape index (κ3) is 4.05. The van der Waals surface area contributed by atoms with Crippen LogP contribution in [-0.4, -0.2) is 48.8 Å². The van der Waals surface area contributed by atoms with Crippen LogP contribution in [0.5, 0.6) is 5.75 Å². The minimum atomic E-state index is -4.99. The summed E-state index contributed by atoms with van der Waals surface area (Å²) in [5.41, 5.74) is 1.29. The van der Waals surface area contributed by atoms with Crippen LogP contribution < -0.4 is 26.6 Å². The molecule has 2 unspecified atom stereocenters. The standard InChI is InChI=1S/C19H20F6N4O4/c1-32-15-13-11(17(30)27-18(31)29(13)8-2-3-8)10(16(21)22)12(20)14(15)28-5-7(4-26)9(6-28)33-19(23,24)25/h7-9,16H,2-6,26H2,1H3,(H,27,30,31). The molecule has 0 radical (unpaired) electrons. The Hall–Kier alpha value is -2.74. The highest BCUT2D eigenvalue weighted by Gasteiger charge is 2.44. The predicted octanol–water partition coefficient (Wildman–Crippen LogP) is 2.41. The maximum Gasteiger partial charge on any atom is 0.522 e. The molecule has 1 aromatic heterocycles. The van der Waals surface area contributed by atoms with E-state index in [4.69, 9.17) is 10.5 Å². The molecule has 1 aliphatic heterocycles. The fourth-order valence-corrected chi connectivity index (χ4v) is 4.39. The number of alkyl halides is 5.